The number of hydrogen-bond donors (Lipinski definition) is 2. The highest BCUT2D eigenvalue weighted by Crippen LogP contribution is 2.21. The number of fused-ring (bicyclic) bond motifs is 1. The molecular formula is C32H38N6O3. The molecule has 0 radical (unpaired) electrons. The Balaban J connectivity index is 1.13. The van der Waals surface area contributed by atoms with Gasteiger partial charge < -0.3 is 14.8 Å². The average Bonchev–Trinajstić information content (AvgIpc) is 3.00. The quantitative estimate of drug-likeness (QED) is 0.236. The van der Waals surface area contributed by atoms with E-state index in [4.69, 9.17) is 14.5 Å². The molecule has 1 unspecified atom stereocenters. The maximum Gasteiger partial charge on any atom is 0.320 e. The molecule has 41 heavy (non-hydrogen) atoms. The van der Waals surface area contributed by atoms with E-state index in [1.54, 1.807) is 12.3 Å². The highest BCUT2D eigenvalue weighted by molar-refractivity contribution is 5.89. The number of urea groups is 1. The maximum atomic E-state index is 12.6. The molecule has 2 N–H and O–H groups in total. The molecule has 2 aromatic carbocycles. The second-order valence-corrected chi connectivity index (χ2v) is 10.4. The predicted octanol–water partition coefficient (Wildman–Crippen LogP) is 5.07. The minimum atomic E-state index is -0.283. The average molecular weight is 555 g/mol. The van der Waals surface area contributed by atoms with Crippen molar-refractivity contribution in [2.75, 3.05) is 44.8 Å². The Hall–Kier alpha value is -3.92. The van der Waals surface area contributed by atoms with E-state index in [-0.39, 0.29) is 12.1 Å². The Morgan fingerprint density at radius 1 is 1.02 bits per heavy atom. The van der Waals surface area contributed by atoms with Crippen LogP contribution in [0.3, 0.4) is 0 Å². The van der Waals surface area contributed by atoms with Gasteiger partial charge in [0, 0.05) is 31.2 Å². The molecule has 3 heterocycles. The van der Waals surface area contributed by atoms with Crippen LogP contribution in [0, 0.1) is 0 Å². The van der Waals surface area contributed by atoms with Gasteiger partial charge in [0.2, 0.25) is 0 Å². The van der Waals surface area contributed by atoms with Gasteiger partial charge in [0.25, 0.3) is 0 Å². The summed E-state index contributed by atoms with van der Waals surface area (Å²) in [7, 11) is 0. The molecule has 9 nitrogen and oxygen atoms in total. The lowest BCUT2D eigenvalue weighted by Gasteiger charge is -2.26. The number of carbonyl (C=O) groups excluding carboxylic acids is 1. The van der Waals surface area contributed by atoms with Crippen LogP contribution >= 0.6 is 0 Å². The first-order chi connectivity index (χ1) is 20.1. The summed E-state index contributed by atoms with van der Waals surface area (Å²) in [4.78, 5) is 28.8. The van der Waals surface area contributed by atoms with E-state index in [1.807, 2.05) is 37.3 Å². The number of rotatable bonds is 12. The molecule has 0 bridgehead atoms. The number of morpholine rings is 1. The van der Waals surface area contributed by atoms with Crippen molar-refractivity contribution in [1.82, 2.24) is 25.2 Å². The molecule has 1 fully saturated rings. The molecule has 9 heteroatoms. The summed E-state index contributed by atoms with van der Waals surface area (Å²) in [6.07, 6.45) is 4.63. The summed E-state index contributed by atoms with van der Waals surface area (Å²) >= 11 is 0. The highest BCUT2D eigenvalue weighted by Gasteiger charge is 2.12. The van der Waals surface area contributed by atoms with Crippen molar-refractivity contribution < 1.29 is 14.3 Å². The molecule has 214 valence electrons. The van der Waals surface area contributed by atoms with Gasteiger partial charge in [-0.3, -0.25) is 15.2 Å². The first-order valence-corrected chi connectivity index (χ1v) is 14.3. The first kappa shape index (κ1) is 28.6. The summed E-state index contributed by atoms with van der Waals surface area (Å²) < 4.78 is 11.3. The number of carbonyl (C=O) groups is 1. The van der Waals surface area contributed by atoms with Crippen LogP contribution < -0.4 is 10.6 Å². The van der Waals surface area contributed by atoms with Crippen molar-refractivity contribution in [3.05, 3.63) is 84.1 Å². The zero-order valence-corrected chi connectivity index (χ0v) is 23.6. The van der Waals surface area contributed by atoms with E-state index in [1.165, 1.54) is 5.56 Å². The SMILES string of the molecule is CC(CCCc1ccccc1)NC(=O)Nc1ccc2ncc(-c3cccc(COCCN4CCOCC4)c3)nc2n1. The second-order valence-electron chi connectivity index (χ2n) is 10.4. The maximum absolute atomic E-state index is 12.6. The third kappa shape index (κ3) is 8.78. The van der Waals surface area contributed by atoms with Gasteiger partial charge in [0.15, 0.2) is 5.65 Å². The van der Waals surface area contributed by atoms with Crippen molar-refractivity contribution >= 4 is 23.0 Å². The standard InChI is InChI=1S/C32H38N6O3/c1-24(7-5-10-25-8-3-2-4-9-25)34-32(39)37-30-14-13-28-31(36-30)35-29(22-33-28)27-12-6-11-26(21-27)23-41-20-17-38-15-18-40-19-16-38/h2-4,6,8-9,11-14,21-22,24H,5,7,10,15-20,23H2,1H3,(H2,34,35,36,37,39). The van der Waals surface area contributed by atoms with Crippen molar-refractivity contribution in [1.29, 1.82) is 0 Å². The normalized spacial score (nSPS) is 14.6. The minimum Gasteiger partial charge on any atom is -0.379 e. The molecule has 0 spiro atoms. The van der Waals surface area contributed by atoms with E-state index >= 15 is 0 Å². The van der Waals surface area contributed by atoms with Gasteiger partial charge in [-0.1, -0.05) is 48.5 Å². The molecule has 1 aliphatic heterocycles. The van der Waals surface area contributed by atoms with Crippen LogP contribution in [0.25, 0.3) is 22.4 Å². The Bertz CT molecular complexity index is 1410. The number of hydrogen-bond acceptors (Lipinski definition) is 7. The van der Waals surface area contributed by atoms with Gasteiger partial charge in [-0.2, -0.15) is 0 Å². The van der Waals surface area contributed by atoms with E-state index in [0.29, 0.717) is 35.9 Å². The van der Waals surface area contributed by atoms with Crippen molar-refractivity contribution in [3.63, 3.8) is 0 Å². The van der Waals surface area contributed by atoms with Crippen LogP contribution in [-0.4, -0.2) is 71.4 Å². The Morgan fingerprint density at radius 3 is 2.71 bits per heavy atom. The molecule has 2 amide bonds. The summed E-state index contributed by atoms with van der Waals surface area (Å²) in [5.41, 5.74) is 5.18. The van der Waals surface area contributed by atoms with E-state index in [9.17, 15) is 4.79 Å². The Labute approximate surface area is 241 Å². The molecule has 1 atom stereocenters. The Kier molecular flexibility index (Phi) is 10.2. The summed E-state index contributed by atoms with van der Waals surface area (Å²) in [5.74, 6) is 0.431. The van der Waals surface area contributed by atoms with Gasteiger partial charge in [-0.15, -0.1) is 0 Å². The summed E-state index contributed by atoms with van der Waals surface area (Å²) in [6.45, 7) is 7.65. The summed E-state index contributed by atoms with van der Waals surface area (Å²) in [6, 6.07) is 21.8. The lowest BCUT2D eigenvalue weighted by Crippen LogP contribution is -2.38. The van der Waals surface area contributed by atoms with Crippen molar-refractivity contribution in [3.8, 4) is 11.3 Å². The van der Waals surface area contributed by atoms with Crippen LogP contribution in [0.2, 0.25) is 0 Å². The topological polar surface area (TPSA) is 102 Å². The van der Waals surface area contributed by atoms with Gasteiger partial charge in [-0.25, -0.2) is 14.8 Å². The third-order valence-electron chi connectivity index (χ3n) is 7.12. The van der Waals surface area contributed by atoms with Gasteiger partial charge >= 0.3 is 6.03 Å². The van der Waals surface area contributed by atoms with Crippen LogP contribution in [0.15, 0.2) is 72.9 Å². The smallest absolute Gasteiger partial charge is 0.320 e. The van der Waals surface area contributed by atoms with E-state index in [2.05, 4.69) is 55.8 Å². The van der Waals surface area contributed by atoms with Gasteiger partial charge in [0.1, 0.15) is 11.3 Å². The fourth-order valence-corrected chi connectivity index (χ4v) is 4.84. The van der Waals surface area contributed by atoms with Crippen LogP contribution in [0.1, 0.15) is 30.9 Å². The predicted molar refractivity (Wildman–Crippen MR) is 161 cm³/mol. The number of anilines is 1. The molecule has 0 saturated carbocycles. The monoisotopic (exact) mass is 554 g/mol. The minimum absolute atomic E-state index is 0.0428. The fraction of sp³-hybridized carbons (Fsp3) is 0.375. The van der Waals surface area contributed by atoms with Crippen molar-refractivity contribution in [2.45, 2.75) is 38.8 Å². The number of ether oxygens (including phenoxy) is 2. The molecule has 5 rings (SSSR count). The van der Waals surface area contributed by atoms with Crippen LogP contribution in [0.5, 0.6) is 0 Å². The number of aromatic nitrogens is 3. The second kappa shape index (κ2) is 14.6. The molecule has 2 aromatic heterocycles. The number of benzene rings is 2. The molecule has 0 aliphatic carbocycles. The number of nitrogens with one attached hydrogen (secondary N) is 2. The van der Waals surface area contributed by atoms with Crippen LogP contribution in [0.4, 0.5) is 10.6 Å². The number of nitrogens with zero attached hydrogens (tertiary/aromatic N) is 4. The Morgan fingerprint density at radius 2 is 1.85 bits per heavy atom. The van der Waals surface area contributed by atoms with Crippen LogP contribution in [-0.2, 0) is 22.5 Å². The first-order valence-electron chi connectivity index (χ1n) is 14.3. The number of pyridine rings is 1. The molecule has 1 aliphatic rings. The third-order valence-corrected chi connectivity index (χ3v) is 7.12. The largest absolute Gasteiger partial charge is 0.379 e. The molecule has 4 aromatic rings. The van der Waals surface area contributed by atoms with Gasteiger partial charge in [0.05, 0.1) is 38.3 Å². The zero-order chi connectivity index (χ0) is 28.3. The highest BCUT2D eigenvalue weighted by atomic mass is 16.5. The van der Waals surface area contributed by atoms with E-state index < -0.39 is 0 Å². The number of aryl methyl sites for hydroxylation is 1. The van der Waals surface area contributed by atoms with Crippen molar-refractivity contribution in [2.24, 2.45) is 0 Å². The lowest BCUT2D eigenvalue weighted by atomic mass is 10.1. The van der Waals surface area contributed by atoms with Gasteiger partial charge in [-0.05, 0) is 55.5 Å². The lowest BCUT2D eigenvalue weighted by molar-refractivity contribution is 0.0180. The molecular weight excluding hydrogens is 516 g/mol. The fourth-order valence-electron chi connectivity index (χ4n) is 4.84. The number of amides is 2. The zero-order valence-electron chi connectivity index (χ0n) is 23.6. The van der Waals surface area contributed by atoms with E-state index in [0.717, 1.165) is 63.2 Å². The summed E-state index contributed by atoms with van der Waals surface area (Å²) in [5, 5.41) is 5.84. The molecule has 1 saturated heterocycles.